The van der Waals surface area contributed by atoms with Gasteiger partial charge in [0.25, 0.3) is 0 Å². The highest BCUT2D eigenvalue weighted by molar-refractivity contribution is 4.43. The lowest BCUT2D eigenvalue weighted by atomic mass is 11.5. The normalized spacial score (nSPS) is 10.0. The van der Waals surface area contributed by atoms with Gasteiger partial charge in [-0.05, 0) is 0 Å². The van der Waals surface area contributed by atoms with Gasteiger partial charge in [0, 0.05) is 4.96 Å². The SMILES string of the molecule is CN(ON)n1[nH]o1. The Morgan fingerprint density at radius 2 is 2.57 bits per heavy atom. The van der Waals surface area contributed by atoms with Gasteiger partial charge in [0.05, 0.1) is 7.05 Å². The zero-order valence-electron chi connectivity index (χ0n) is 3.79. The van der Waals surface area contributed by atoms with Crippen LogP contribution in [0.1, 0.15) is 0 Å². The Morgan fingerprint density at radius 3 is 2.71 bits per heavy atom. The Labute approximate surface area is 39.2 Å². The second kappa shape index (κ2) is 1.32. The van der Waals surface area contributed by atoms with Crippen LogP contribution >= 0.6 is 0 Å². The lowest BCUT2D eigenvalue weighted by Crippen LogP contribution is -2.29. The third kappa shape index (κ3) is 0.756. The molecule has 42 valence electrons. The molecule has 1 aromatic rings. The Hall–Kier alpha value is -0.880. The van der Waals surface area contributed by atoms with E-state index in [1.54, 1.807) is 7.05 Å². The summed E-state index contributed by atoms with van der Waals surface area (Å²) in [5.41, 5.74) is 0. The van der Waals surface area contributed by atoms with Crippen molar-refractivity contribution in [3.8, 4) is 0 Å². The molecule has 0 bridgehead atoms. The van der Waals surface area contributed by atoms with Crippen molar-refractivity contribution >= 4 is 0 Å². The van der Waals surface area contributed by atoms with E-state index in [9.17, 15) is 0 Å². The fourth-order valence-corrected chi connectivity index (χ4v) is 0.176. The van der Waals surface area contributed by atoms with Crippen molar-refractivity contribution in [1.29, 1.82) is 0 Å². The van der Waals surface area contributed by atoms with Gasteiger partial charge in [-0.25, -0.2) is 4.63 Å². The highest BCUT2D eigenvalue weighted by atomic mass is 16.9. The van der Waals surface area contributed by atoms with Crippen molar-refractivity contribution in [3.63, 3.8) is 0 Å². The van der Waals surface area contributed by atoms with Gasteiger partial charge in [0.2, 0.25) is 0 Å². The molecule has 0 aliphatic carbocycles. The Balaban J connectivity index is 2.30. The zero-order chi connectivity index (χ0) is 5.28. The predicted octanol–water partition coefficient (Wildman–Crippen LogP) is -1.22. The van der Waals surface area contributed by atoms with E-state index in [4.69, 9.17) is 0 Å². The van der Waals surface area contributed by atoms with Crippen molar-refractivity contribution in [2.45, 2.75) is 0 Å². The molecule has 0 aliphatic heterocycles. The molecule has 1 aromatic heterocycles. The van der Waals surface area contributed by atoms with Gasteiger partial charge in [-0.2, -0.15) is 10.8 Å². The standard InChI is InChI=1S/CH6N4O2/c1-4(6-2)5-3-7-5/h3H,2H2,1H3. The number of hydrogen-bond acceptors (Lipinski definition) is 4. The Bertz CT molecular complexity index is 109. The van der Waals surface area contributed by atoms with Gasteiger partial charge in [-0.15, -0.1) is 5.17 Å². The summed E-state index contributed by atoms with van der Waals surface area (Å²) in [4.78, 5) is 5.35. The van der Waals surface area contributed by atoms with Gasteiger partial charge < -0.3 is 0 Å². The first-order valence-corrected chi connectivity index (χ1v) is 1.68. The van der Waals surface area contributed by atoms with Gasteiger partial charge in [0.1, 0.15) is 0 Å². The first kappa shape index (κ1) is 4.28. The van der Waals surface area contributed by atoms with Crippen LogP contribution in [-0.2, 0) is 4.94 Å². The van der Waals surface area contributed by atoms with Crippen LogP contribution < -0.4 is 11.1 Å². The molecule has 0 aliphatic rings. The molecule has 0 aromatic carbocycles. The number of nitrogens with zero attached hydrogens (tertiary/aromatic N) is 2. The number of nitrogens with one attached hydrogen (secondary N) is 1. The largest absolute Gasteiger partial charge is 0.232 e. The summed E-state index contributed by atoms with van der Waals surface area (Å²) in [5.74, 6) is 4.68. The first-order chi connectivity index (χ1) is 3.34. The molecule has 1 heterocycles. The molecular formula is CH6N4O2. The molecular weight excluding hydrogens is 100 g/mol. The Morgan fingerprint density at radius 1 is 2.00 bits per heavy atom. The summed E-state index contributed by atoms with van der Waals surface area (Å²) >= 11 is 0. The van der Waals surface area contributed by atoms with Crippen LogP contribution in [0.5, 0.6) is 0 Å². The molecule has 0 saturated heterocycles. The van der Waals surface area contributed by atoms with Gasteiger partial charge in [-0.1, -0.05) is 5.27 Å². The third-order valence-electron chi connectivity index (χ3n) is 0.581. The van der Waals surface area contributed by atoms with Crippen molar-refractivity contribution in [2.75, 3.05) is 12.2 Å². The van der Waals surface area contributed by atoms with Crippen molar-refractivity contribution < 1.29 is 9.57 Å². The molecule has 0 unspecified atom stereocenters. The summed E-state index contributed by atoms with van der Waals surface area (Å²) in [5, 5.41) is 3.52. The summed E-state index contributed by atoms with van der Waals surface area (Å²) < 4.78 is 4.37. The van der Waals surface area contributed by atoms with E-state index >= 15 is 0 Å². The fourth-order valence-electron chi connectivity index (χ4n) is 0.176. The minimum atomic E-state index is 1.18. The maximum absolute atomic E-state index is 4.68. The number of aromatic nitrogens is 2. The maximum Gasteiger partial charge on any atom is 0.0588 e. The van der Waals surface area contributed by atoms with E-state index in [0.717, 1.165) is 0 Å². The van der Waals surface area contributed by atoms with Crippen LogP contribution in [0.4, 0.5) is 0 Å². The summed E-state index contributed by atoms with van der Waals surface area (Å²) in [6.07, 6.45) is 0. The molecule has 0 spiro atoms. The van der Waals surface area contributed by atoms with Crippen molar-refractivity contribution in [2.24, 2.45) is 5.90 Å². The molecule has 3 N–H and O–H groups in total. The van der Waals surface area contributed by atoms with Gasteiger partial charge in [0.15, 0.2) is 0 Å². The van der Waals surface area contributed by atoms with E-state index < -0.39 is 0 Å². The molecule has 0 radical (unpaired) electrons. The molecule has 0 saturated carbocycles. The Kier molecular flexibility index (Phi) is 0.807. The second-order valence-electron chi connectivity index (χ2n) is 1.03. The van der Waals surface area contributed by atoms with Gasteiger partial charge in [-0.3, -0.25) is 0 Å². The molecule has 0 amide bonds. The smallest absolute Gasteiger partial charge is 0.0588 e. The monoisotopic (exact) mass is 106 g/mol. The number of aromatic amines is 1. The lowest BCUT2D eigenvalue weighted by molar-refractivity contribution is 0.0526. The second-order valence-corrected chi connectivity index (χ2v) is 1.03. The van der Waals surface area contributed by atoms with Crippen LogP contribution in [-0.4, -0.2) is 17.3 Å². The molecule has 0 fully saturated rings. The maximum atomic E-state index is 4.68. The number of rotatable bonds is 2. The first-order valence-electron chi connectivity index (χ1n) is 1.68. The lowest BCUT2D eigenvalue weighted by Gasteiger charge is -2.02. The fraction of sp³-hybridized carbons (Fsp3) is 1.00. The van der Waals surface area contributed by atoms with Crippen LogP contribution in [0.2, 0.25) is 0 Å². The van der Waals surface area contributed by atoms with Crippen LogP contribution in [0.25, 0.3) is 0 Å². The van der Waals surface area contributed by atoms with Gasteiger partial charge >= 0.3 is 0 Å². The molecule has 6 heteroatoms. The average molecular weight is 106 g/mol. The quantitative estimate of drug-likeness (QED) is 0.463. The highest BCUT2D eigenvalue weighted by Crippen LogP contribution is 1.82. The van der Waals surface area contributed by atoms with Crippen LogP contribution in [0, 0.1) is 0 Å². The van der Waals surface area contributed by atoms with Crippen LogP contribution in [0.3, 0.4) is 0 Å². The number of hydrogen-bond donors (Lipinski definition) is 2. The summed E-state index contributed by atoms with van der Waals surface area (Å²) in [6.45, 7) is 0. The van der Waals surface area contributed by atoms with E-state index in [0.29, 0.717) is 0 Å². The zero-order valence-corrected chi connectivity index (χ0v) is 3.79. The summed E-state index contributed by atoms with van der Waals surface area (Å²) in [6, 6.07) is 0. The highest BCUT2D eigenvalue weighted by Gasteiger charge is 2.00. The van der Waals surface area contributed by atoms with E-state index in [1.165, 1.54) is 10.1 Å². The topological polar surface area (TPSA) is 72.3 Å². The predicted molar refractivity (Wildman–Crippen MR) is 20.5 cm³/mol. The minimum absolute atomic E-state index is 1.18. The van der Waals surface area contributed by atoms with E-state index in [-0.39, 0.29) is 0 Å². The minimum Gasteiger partial charge on any atom is -0.232 e. The van der Waals surface area contributed by atoms with E-state index in [2.05, 4.69) is 20.7 Å². The third-order valence-corrected chi connectivity index (χ3v) is 0.581. The molecule has 0 atom stereocenters. The number of H-pyrrole nitrogens is 1. The summed E-state index contributed by atoms with van der Waals surface area (Å²) in [7, 11) is 1.58. The van der Waals surface area contributed by atoms with Crippen molar-refractivity contribution in [3.05, 3.63) is 0 Å². The number of hydroxylamine groups is 1. The average Bonchev–Trinajstić information content (AvgIpc) is 2.44. The molecule has 1 rings (SSSR count). The number of nitrogens with two attached hydrogens (primary N) is 1. The van der Waals surface area contributed by atoms with Crippen LogP contribution in [0.15, 0.2) is 4.63 Å². The van der Waals surface area contributed by atoms with E-state index in [1.807, 2.05) is 0 Å². The van der Waals surface area contributed by atoms with Crippen molar-refractivity contribution in [1.82, 2.24) is 10.2 Å². The molecule has 6 nitrogen and oxygen atoms in total. The molecule has 7 heavy (non-hydrogen) atoms.